The van der Waals surface area contributed by atoms with Gasteiger partial charge in [0.1, 0.15) is 0 Å². The molecule has 0 aromatic heterocycles. The average molecular weight is 348 g/mol. The summed E-state index contributed by atoms with van der Waals surface area (Å²) in [5, 5.41) is 6.69. The molecule has 1 fully saturated rings. The molecule has 0 aliphatic carbocycles. The Hall–Kier alpha value is -0.860. The van der Waals surface area contributed by atoms with Crippen LogP contribution in [0.4, 0.5) is 0 Å². The van der Waals surface area contributed by atoms with Crippen LogP contribution in [-0.2, 0) is 10.0 Å². The highest BCUT2D eigenvalue weighted by Gasteiger charge is 2.19. The van der Waals surface area contributed by atoms with E-state index in [1.807, 2.05) is 6.92 Å². The number of piperidine rings is 1. The Morgan fingerprint density at radius 1 is 1.22 bits per heavy atom. The summed E-state index contributed by atoms with van der Waals surface area (Å²) in [6.45, 7) is 10.9. The Bertz CT molecular complexity index is 445. The average Bonchev–Trinajstić information content (AvgIpc) is 2.54. The first kappa shape index (κ1) is 20.2. The minimum atomic E-state index is -3.13. The van der Waals surface area contributed by atoms with Gasteiger partial charge in [0.05, 0.1) is 12.3 Å². The quantitative estimate of drug-likeness (QED) is 0.318. The molecule has 0 aromatic rings. The molecule has 0 amide bonds. The van der Waals surface area contributed by atoms with E-state index in [1.165, 1.54) is 13.0 Å². The van der Waals surface area contributed by atoms with Gasteiger partial charge in [0, 0.05) is 32.2 Å². The number of guanidine groups is 1. The van der Waals surface area contributed by atoms with Crippen LogP contribution < -0.4 is 15.4 Å². The Morgan fingerprint density at radius 3 is 2.48 bits per heavy atom. The van der Waals surface area contributed by atoms with Crippen molar-refractivity contribution in [3.05, 3.63) is 0 Å². The molecule has 0 unspecified atom stereocenters. The molecule has 3 N–H and O–H groups in total. The molecule has 0 aromatic carbocycles. The molecule has 1 saturated heterocycles. The number of nitrogens with one attached hydrogen (secondary N) is 3. The highest BCUT2D eigenvalue weighted by Crippen LogP contribution is 2.10. The second kappa shape index (κ2) is 10.8. The monoisotopic (exact) mass is 347 g/mol. The maximum absolute atomic E-state index is 11.4. The summed E-state index contributed by atoms with van der Waals surface area (Å²) in [5.41, 5.74) is 0. The first-order valence-corrected chi connectivity index (χ1v) is 10.4. The van der Waals surface area contributed by atoms with E-state index in [-0.39, 0.29) is 5.75 Å². The Balaban J connectivity index is 2.38. The van der Waals surface area contributed by atoms with E-state index in [4.69, 9.17) is 0 Å². The van der Waals surface area contributed by atoms with Crippen LogP contribution >= 0.6 is 0 Å². The molecule has 0 bridgehead atoms. The van der Waals surface area contributed by atoms with Crippen molar-refractivity contribution < 1.29 is 8.42 Å². The molecule has 1 heterocycles. The molecule has 7 nitrogen and oxygen atoms in total. The molecule has 23 heavy (non-hydrogen) atoms. The summed E-state index contributed by atoms with van der Waals surface area (Å²) in [5.74, 6) is 0.878. The number of nitrogens with zero attached hydrogens (tertiary/aromatic N) is 2. The van der Waals surface area contributed by atoms with Gasteiger partial charge in [-0.3, -0.25) is 4.99 Å². The van der Waals surface area contributed by atoms with Gasteiger partial charge in [-0.25, -0.2) is 13.1 Å². The van der Waals surface area contributed by atoms with Gasteiger partial charge in [0.15, 0.2) is 5.96 Å². The van der Waals surface area contributed by atoms with Crippen LogP contribution in [0.2, 0.25) is 0 Å². The van der Waals surface area contributed by atoms with Crippen molar-refractivity contribution in [1.29, 1.82) is 0 Å². The molecule has 1 aliphatic rings. The Morgan fingerprint density at radius 2 is 1.91 bits per heavy atom. The fraction of sp³-hybridized carbons (Fsp3) is 0.933. The van der Waals surface area contributed by atoms with Crippen molar-refractivity contribution in [1.82, 2.24) is 20.3 Å². The third-order valence-electron chi connectivity index (χ3n) is 3.90. The summed E-state index contributed by atoms with van der Waals surface area (Å²) in [6.07, 6.45) is 3.44. The van der Waals surface area contributed by atoms with Crippen LogP contribution in [0.3, 0.4) is 0 Å². The topological polar surface area (TPSA) is 85.8 Å². The zero-order valence-electron chi connectivity index (χ0n) is 14.8. The minimum absolute atomic E-state index is 0.103. The number of sulfonamides is 1. The molecular formula is C15H33N5O2S. The second-order valence-corrected chi connectivity index (χ2v) is 7.91. The molecule has 0 atom stereocenters. The van der Waals surface area contributed by atoms with Crippen molar-refractivity contribution in [2.45, 2.75) is 46.1 Å². The molecule has 0 spiro atoms. The Labute approximate surface area is 141 Å². The fourth-order valence-corrected chi connectivity index (χ4v) is 3.21. The molecule has 136 valence electrons. The summed E-state index contributed by atoms with van der Waals surface area (Å²) >= 11 is 0. The maximum atomic E-state index is 11.4. The smallest absolute Gasteiger partial charge is 0.211 e. The fourth-order valence-electron chi connectivity index (χ4n) is 2.60. The van der Waals surface area contributed by atoms with Crippen LogP contribution in [0.5, 0.6) is 0 Å². The third kappa shape index (κ3) is 8.53. The van der Waals surface area contributed by atoms with Crippen LogP contribution in [0.25, 0.3) is 0 Å². The van der Waals surface area contributed by atoms with Gasteiger partial charge in [-0.2, -0.15) is 0 Å². The van der Waals surface area contributed by atoms with Crippen LogP contribution in [0.1, 0.15) is 40.0 Å². The highest BCUT2D eigenvalue weighted by atomic mass is 32.2. The van der Waals surface area contributed by atoms with Gasteiger partial charge in [0.25, 0.3) is 0 Å². The number of aliphatic imine (C=N–C) groups is 1. The normalized spacial score (nSPS) is 18.1. The zero-order valence-corrected chi connectivity index (χ0v) is 15.6. The molecule has 1 aliphatic heterocycles. The third-order valence-corrected chi connectivity index (χ3v) is 5.30. The lowest BCUT2D eigenvalue weighted by Gasteiger charge is -2.32. The summed E-state index contributed by atoms with van der Waals surface area (Å²) < 4.78 is 25.3. The predicted octanol–water partition coefficient (Wildman–Crippen LogP) is 0.355. The van der Waals surface area contributed by atoms with E-state index in [9.17, 15) is 8.42 Å². The van der Waals surface area contributed by atoms with Gasteiger partial charge in [0.2, 0.25) is 10.0 Å². The summed E-state index contributed by atoms with van der Waals surface area (Å²) in [7, 11) is -3.13. The Kier molecular flexibility index (Phi) is 9.50. The van der Waals surface area contributed by atoms with E-state index in [0.717, 1.165) is 38.4 Å². The van der Waals surface area contributed by atoms with Crippen LogP contribution in [-0.4, -0.2) is 70.3 Å². The van der Waals surface area contributed by atoms with Crippen molar-refractivity contribution in [3.8, 4) is 0 Å². The molecule has 0 saturated carbocycles. The summed E-state index contributed by atoms with van der Waals surface area (Å²) in [6, 6.07) is 0.438. The lowest BCUT2D eigenvalue weighted by atomic mass is 10.1. The highest BCUT2D eigenvalue weighted by molar-refractivity contribution is 7.89. The lowest BCUT2D eigenvalue weighted by molar-refractivity contribution is 0.206. The van der Waals surface area contributed by atoms with E-state index >= 15 is 0 Å². The van der Waals surface area contributed by atoms with Crippen LogP contribution in [0, 0.1) is 0 Å². The SMILES string of the molecule is CCCN1CCC(NC(=NCCNS(=O)(=O)CC)NCC)CC1. The van der Waals surface area contributed by atoms with E-state index in [1.54, 1.807) is 6.92 Å². The summed E-state index contributed by atoms with van der Waals surface area (Å²) in [4.78, 5) is 6.96. The number of hydrogen-bond donors (Lipinski definition) is 3. The lowest BCUT2D eigenvalue weighted by Crippen LogP contribution is -2.49. The van der Waals surface area contributed by atoms with Crippen molar-refractivity contribution in [2.24, 2.45) is 4.99 Å². The first-order valence-electron chi connectivity index (χ1n) is 8.75. The van der Waals surface area contributed by atoms with E-state index < -0.39 is 10.0 Å². The molecule has 1 rings (SSSR count). The van der Waals surface area contributed by atoms with Crippen molar-refractivity contribution in [2.75, 3.05) is 45.0 Å². The predicted molar refractivity (Wildman–Crippen MR) is 96.3 cm³/mol. The van der Waals surface area contributed by atoms with Crippen molar-refractivity contribution >= 4 is 16.0 Å². The van der Waals surface area contributed by atoms with Gasteiger partial charge in [-0.15, -0.1) is 0 Å². The largest absolute Gasteiger partial charge is 0.357 e. The maximum Gasteiger partial charge on any atom is 0.211 e. The number of rotatable bonds is 9. The minimum Gasteiger partial charge on any atom is -0.357 e. The van der Waals surface area contributed by atoms with Gasteiger partial charge >= 0.3 is 0 Å². The van der Waals surface area contributed by atoms with Gasteiger partial charge in [-0.05, 0) is 39.7 Å². The number of hydrogen-bond acceptors (Lipinski definition) is 4. The first-order chi connectivity index (χ1) is 11.0. The molecule has 8 heteroatoms. The zero-order chi connectivity index (χ0) is 17.1. The van der Waals surface area contributed by atoms with Gasteiger partial charge < -0.3 is 15.5 Å². The second-order valence-electron chi connectivity index (χ2n) is 5.82. The van der Waals surface area contributed by atoms with Gasteiger partial charge in [-0.1, -0.05) is 6.92 Å². The molecular weight excluding hydrogens is 314 g/mol. The van der Waals surface area contributed by atoms with Crippen molar-refractivity contribution in [3.63, 3.8) is 0 Å². The number of likely N-dealkylation sites (tertiary alicyclic amines) is 1. The van der Waals surface area contributed by atoms with E-state index in [2.05, 4.69) is 32.2 Å². The van der Waals surface area contributed by atoms with E-state index in [0.29, 0.717) is 19.1 Å². The van der Waals surface area contributed by atoms with Crippen LogP contribution in [0.15, 0.2) is 4.99 Å². The standard InChI is InChI=1S/C15H33N5O2S/c1-4-11-20-12-7-14(8-13-20)19-15(16-5-2)17-9-10-18-23(21,22)6-3/h14,18H,4-13H2,1-3H3,(H2,16,17,19). The molecule has 0 radical (unpaired) electrons.